The highest BCUT2D eigenvalue weighted by atomic mass is 32.2. The molecule has 1 aliphatic heterocycles. The number of benzene rings is 1. The molecule has 1 saturated heterocycles. The van der Waals surface area contributed by atoms with Crippen LogP contribution in [0.2, 0.25) is 0 Å². The second-order valence-electron chi connectivity index (χ2n) is 4.60. The topological polar surface area (TPSA) is 59.6 Å². The Labute approximate surface area is 129 Å². The number of rotatable bonds is 6. The summed E-state index contributed by atoms with van der Waals surface area (Å²) in [4.78, 5) is 12.2. The van der Waals surface area contributed by atoms with Crippen LogP contribution in [0.1, 0.15) is 13.8 Å². The third kappa shape index (κ3) is 4.54. The Morgan fingerprint density at radius 1 is 1.33 bits per heavy atom. The molecule has 0 aliphatic carbocycles. The predicted octanol–water partition coefficient (Wildman–Crippen LogP) is 2.13. The van der Waals surface area contributed by atoms with E-state index in [4.69, 9.17) is 9.47 Å². The van der Waals surface area contributed by atoms with Crippen LogP contribution in [0, 0.1) is 0 Å². The zero-order valence-corrected chi connectivity index (χ0v) is 13.3. The van der Waals surface area contributed by atoms with Gasteiger partial charge in [0.1, 0.15) is 0 Å². The van der Waals surface area contributed by atoms with Gasteiger partial charge in [0, 0.05) is 29.8 Å². The summed E-state index contributed by atoms with van der Waals surface area (Å²) in [6.45, 7) is 5.85. The van der Waals surface area contributed by atoms with Crippen molar-refractivity contribution in [3.63, 3.8) is 0 Å². The van der Waals surface area contributed by atoms with E-state index in [0.717, 1.165) is 23.7 Å². The smallest absolute Gasteiger partial charge is 0.242 e. The van der Waals surface area contributed by atoms with Crippen molar-refractivity contribution in [1.29, 1.82) is 0 Å². The SMILES string of the molecule is CCOc1ccc(NC(=O)C2CSCCN2)cc1OCC. The lowest BCUT2D eigenvalue weighted by molar-refractivity contribution is -0.117. The van der Waals surface area contributed by atoms with Crippen molar-refractivity contribution in [3.8, 4) is 11.5 Å². The zero-order chi connectivity index (χ0) is 15.1. The molecular weight excluding hydrogens is 288 g/mol. The number of thioether (sulfide) groups is 1. The molecular formula is C15H22N2O3S. The van der Waals surface area contributed by atoms with Crippen LogP contribution in [0.15, 0.2) is 18.2 Å². The number of ether oxygens (including phenoxy) is 2. The van der Waals surface area contributed by atoms with E-state index >= 15 is 0 Å². The van der Waals surface area contributed by atoms with Crippen LogP contribution in [0.5, 0.6) is 11.5 Å². The van der Waals surface area contributed by atoms with Gasteiger partial charge in [-0.3, -0.25) is 4.79 Å². The summed E-state index contributed by atoms with van der Waals surface area (Å²) in [5.41, 5.74) is 0.726. The lowest BCUT2D eigenvalue weighted by Gasteiger charge is -2.22. The Balaban J connectivity index is 2.05. The van der Waals surface area contributed by atoms with Gasteiger partial charge in [-0.05, 0) is 26.0 Å². The summed E-state index contributed by atoms with van der Waals surface area (Å²) in [5.74, 6) is 3.21. The standard InChI is InChI=1S/C15H22N2O3S/c1-3-19-13-6-5-11(9-14(13)20-4-2)17-15(18)12-10-21-8-7-16-12/h5-6,9,12,16H,3-4,7-8,10H2,1-2H3,(H,17,18). The molecule has 0 spiro atoms. The molecule has 1 aromatic rings. The van der Waals surface area contributed by atoms with Crippen LogP contribution in [0.4, 0.5) is 5.69 Å². The maximum atomic E-state index is 12.2. The van der Waals surface area contributed by atoms with Crippen molar-refractivity contribution in [2.75, 3.05) is 36.6 Å². The Hall–Kier alpha value is -1.40. The Morgan fingerprint density at radius 3 is 2.76 bits per heavy atom. The fourth-order valence-electron chi connectivity index (χ4n) is 2.09. The lowest BCUT2D eigenvalue weighted by atomic mass is 10.2. The first-order valence-electron chi connectivity index (χ1n) is 7.26. The lowest BCUT2D eigenvalue weighted by Crippen LogP contribution is -2.46. The maximum absolute atomic E-state index is 12.2. The third-order valence-electron chi connectivity index (χ3n) is 3.05. The van der Waals surface area contributed by atoms with Crippen LogP contribution in [-0.4, -0.2) is 43.2 Å². The van der Waals surface area contributed by atoms with Gasteiger partial charge in [0.05, 0.1) is 19.3 Å². The number of hydrogen-bond acceptors (Lipinski definition) is 5. The van der Waals surface area contributed by atoms with Crippen molar-refractivity contribution in [1.82, 2.24) is 5.32 Å². The van der Waals surface area contributed by atoms with Crippen molar-refractivity contribution < 1.29 is 14.3 Å². The van der Waals surface area contributed by atoms with Gasteiger partial charge in [-0.2, -0.15) is 11.8 Å². The molecule has 1 aliphatic rings. The van der Waals surface area contributed by atoms with E-state index in [1.807, 2.05) is 32.0 Å². The molecule has 1 fully saturated rings. The van der Waals surface area contributed by atoms with Gasteiger partial charge in [0.15, 0.2) is 11.5 Å². The summed E-state index contributed by atoms with van der Waals surface area (Å²) in [6, 6.07) is 5.34. The van der Waals surface area contributed by atoms with E-state index in [1.54, 1.807) is 11.8 Å². The summed E-state index contributed by atoms with van der Waals surface area (Å²) < 4.78 is 11.1. The first-order valence-corrected chi connectivity index (χ1v) is 8.41. The fraction of sp³-hybridized carbons (Fsp3) is 0.533. The van der Waals surface area contributed by atoms with Gasteiger partial charge >= 0.3 is 0 Å². The number of carbonyl (C=O) groups is 1. The van der Waals surface area contributed by atoms with Crippen molar-refractivity contribution >= 4 is 23.4 Å². The average molecular weight is 310 g/mol. The molecule has 1 heterocycles. The van der Waals surface area contributed by atoms with E-state index in [0.29, 0.717) is 24.7 Å². The minimum atomic E-state index is -0.133. The van der Waals surface area contributed by atoms with E-state index in [9.17, 15) is 4.79 Å². The highest BCUT2D eigenvalue weighted by molar-refractivity contribution is 7.99. The Bertz CT molecular complexity index is 476. The van der Waals surface area contributed by atoms with Crippen molar-refractivity contribution in [3.05, 3.63) is 18.2 Å². The molecule has 0 radical (unpaired) electrons. The second kappa shape index (κ2) is 8.14. The number of anilines is 1. The molecule has 0 saturated carbocycles. The Kier molecular flexibility index (Phi) is 6.20. The summed E-state index contributed by atoms with van der Waals surface area (Å²) in [7, 11) is 0. The monoisotopic (exact) mass is 310 g/mol. The molecule has 0 aromatic heterocycles. The molecule has 0 bridgehead atoms. The second-order valence-corrected chi connectivity index (χ2v) is 5.75. The summed E-state index contributed by atoms with van der Waals surface area (Å²) >= 11 is 1.79. The van der Waals surface area contributed by atoms with Crippen LogP contribution in [-0.2, 0) is 4.79 Å². The first kappa shape index (κ1) is 16.0. The summed E-state index contributed by atoms with van der Waals surface area (Å²) in [6.07, 6.45) is 0. The summed E-state index contributed by atoms with van der Waals surface area (Å²) in [5, 5.41) is 6.15. The van der Waals surface area contributed by atoms with Gasteiger partial charge in [0.2, 0.25) is 5.91 Å². The van der Waals surface area contributed by atoms with E-state index in [1.165, 1.54) is 0 Å². The van der Waals surface area contributed by atoms with Gasteiger partial charge < -0.3 is 20.1 Å². The number of hydrogen-bond donors (Lipinski definition) is 2. The normalized spacial score (nSPS) is 18.1. The first-order chi connectivity index (χ1) is 10.2. The minimum Gasteiger partial charge on any atom is -0.490 e. The molecule has 2 rings (SSSR count). The minimum absolute atomic E-state index is 0.00573. The largest absolute Gasteiger partial charge is 0.490 e. The maximum Gasteiger partial charge on any atom is 0.242 e. The van der Waals surface area contributed by atoms with Gasteiger partial charge in [-0.1, -0.05) is 0 Å². The number of amides is 1. The van der Waals surface area contributed by atoms with Crippen LogP contribution in [0.3, 0.4) is 0 Å². The van der Waals surface area contributed by atoms with E-state index < -0.39 is 0 Å². The van der Waals surface area contributed by atoms with Crippen molar-refractivity contribution in [2.45, 2.75) is 19.9 Å². The molecule has 1 amide bonds. The number of carbonyl (C=O) groups excluding carboxylic acids is 1. The highest BCUT2D eigenvalue weighted by Crippen LogP contribution is 2.30. The quantitative estimate of drug-likeness (QED) is 0.843. The molecule has 1 unspecified atom stereocenters. The molecule has 6 heteroatoms. The third-order valence-corrected chi connectivity index (χ3v) is 4.11. The van der Waals surface area contributed by atoms with Crippen LogP contribution < -0.4 is 20.1 Å². The van der Waals surface area contributed by atoms with E-state index in [2.05, 4.69) is 10.6 Å². The van der Waals surface area contributed by atoms with Crippen molar-refractivity contribution in [2.24, 2.45) is 0 Å². The Morgan fingerprint density at radius 2 is 2.10 bits per heavy atom. The van der Waals surface area contributed by atoms with Crippen LogP contribution in [0.25, 0.3) is 0 Å². The highest BCUT2D eigenvalue weighted by Gasteiger charge is 2.21. The molecule has 2 N–H and O–H groups in total. The van der Waals surface area contributed by atoms with Gasteiger partial charge in [-0.15, -0.1) is 0 Å². The average Bonchev–Trinajstić information content (AvgIpc) is 2.51. The van der Waals surface area contributed by atoms with Gasteiger partial charge in [-0.25, -0.2) is 0 Å². The molecule has 1 aromatic carbocycles. The molecule has 116 valence electrons. The fourth-order valence-corrected chi connectivity index (χ4v) is 3.03. The van der Waals surface area contributed by atoms with E-state index in [-0.39, 0.29) is 11.9 Å². The molecule has 21 heavy (non-hydrogen) atoms. The van der Waals surface area contributed by atoms with Crippen LogP contribution >= 0.6 is 11.8 Å². The molecule has 5 nitrogen and oxygen atoms in total. The zero-order valence-electron chi connectivity index (χ0n) is 12.5. The van der Waals surface area contributed by atoms with Gasteiger partial charge in [0.25, 0.3) is 0 Å². The number of nitrogens with one attached hydrogen (secondary N) is 2. The predicted molar refractivity (Wildman–Crippen MR) is 86.5 cm³/mol. The molecule has 1 atom stereocenters.